The van der Waals surface area contributed by atoms with E-state index in [1.807, 2.05) is 33.3 Å². The van der Waals surface area contributed by atoms with Gasteiger partial charge in [-0.15, -0.1) is 11.3 Å². The van der Waals surface area contributed by atoms with Crippen molar-refractivity contribution >= 4 is 39.4 Å². The van der Waals surface area contributed by atoms with Gasteiger partial charge in [0.15, 0.2) is 0 Å². The van der Waals surface area contributed by atoms with Gasteiger partial charge in [-0.05, 0) is 46.2 Å². The molecule has 1 fully saturated rings. The number of carbonyl (C=O) groups is 2. The summed E-state index contributed by atoms with van der Waals surface area (Å²) in [6.45, 7) is 7.20. The van der Waals surface area contributed by atoms with Gasteiger partial charge in [-0.25, -0.2) is 4.52 Å². The van der Waals surface area contributed by atoms with Crippen LogP contribution >= 0.6 is 11.3 Å². The van der Waals surface area contributed by atoms with Crippen LogP contribution in [0.15, 0.2) is 30.9 Å². The number of amides is 2. The van der Waals surface area contributed by atoms with E-state index < -0.39 is 0 Å². The van der Waals surface area contributed by atoms with E-state index >= 15 is 0 Å². The van der Waals surface area contributed by atoms with Gasteiger partial charge in [-0.1, -0.05) is 0 Å². The highest BCUT2D eigenvalue weighted by molar-refractivity contribution is 7.21. The Morgan fingerprint density at radius 3 is 2.74 bits per heavy atom. The fourth-order valence-corrected chi connectivity index (χ4v) is 5.56. The zero-order valence-corrected chi connectivity index (χ0v) is 21.0. The van der Waals surface area contributed by atoms with Crippen LogP contribution in [0.25, 0.3) is 15.3 Å². The van der Waals surface area contributed by atoms with Crippen molar-refractivity contribution in [3.63, 3.8) is 0 Å². The van der Waals surface area contributed by atoms with Gasteiger partial charge in [0, 0.05) is 33.9 Å². The number of anilines is 2. The quantitative estimate of drug-likeness (QED) is 0.418. The average Bonchev–Trinajstić information content (AvgIpc) is 3.55. The molecule has 0 bridgehead atoms. The van der Waals surface area contributed by atoms with E-state index in [4.69, 9.17) is 0 Å². The van der Waals surface area contributed by atoms with E-state index in [-0.39, 0.29) is 14.7 Å². The van der Waals surface area contributed by atoms with E-state index in [0.717, 1.165) is 40.4 Å². The van der Waals surface area contributed by atoms with Gasteiger partial charge in [0.25, 0.3) is 5.91 Å². The number of likely N-dealkylation sites (tertiary alicyclic amines) is 1. The Hall–Kier alpha value is -3.57. The second kappa shape index (κ2) is 9.23. The van der Waals surface area contributed by atoms with E-state index in [1.54, 1.807) is 27.7 Å². The third-order valence-corrected chi connectivity index (χ3v) is 7.52. The van der Waals surface area contributed by atoms with Gasteiger partial charge < -0.3 is 10.6 Å². The topological polar surface area (TPSA) is 109 Å². The Morgan fingerprint density at radius 2 is 2.03 bits per heavy atom. The van der Waals surface area contributed by atoms with Crippen LogP contribution in [0.5, 0.6) is 0 Å². The minimum atomic E-state index is -0.282. The molecule has 0 unspecified atom stereocenters. The van der Waals surface area contributed by atoms with E-state index in [2.05, 4.69) is 37.6 Å². The molecule has 0 saturated carbocycles. The lowest BCUT2D eigenvalue weighted by Crippen LogP contribution is -2.35. The zero-order valence-electron chi connectivity index (χ0n) is 20.2. The number of aromatic nitrogens is 5. The normalized spacial score (nSPS) is 16.2. The molecule has 10 nitrogen and oxygen atoms in total. The van der Waals surface area contributed by atoms with Crippen LogP contribution < -0.4 is 10.6 Å². The lowest BCUT2D eigenvalue weighted by Gasteiger charge is -2.20. The van der Waals surface area contributed by atoms with Crippen LogP contribution in [0.3, 0.4) is 0 Å². The number of pyridine rings is 1. The highest BCUT2D eigenvalue weighted by Crippen LogP contribution is 2.32. The standard InChI is InChI=1S/C24H28N8O2S.2H2/c1-14-6-5-7-31(14)13-22(33)27-17-8-20(16(3)25-9-17)28-23(34)18-10-26-32-12-21(35-24(18)32)19-11-30(4)29-15(19)2;;/h8-12,14H,5-7,13H2,1-4H3,(H,27,33)(H,28,34);2*1H/t14-;;/m1../s1. The predicted molar refractivity (Wildman–Crippen MR) is 140 cm³/mol. The molecule has 5 rings (SSSR count). The molecule has 1 aliphatic heterocycles. The first-order chi connectivity index (χ1) is 16.8. The van der Waals surface area contributed by atoms with Crippen LogP contribution in [-0.2, 0) is 11.8 Å². The molecular formula is C24H32N8O2S. The Morgan fingerprint density at radius 1 is 1.20 bits per heavy atom. The second-order valence-corrected chi connectivity index (χ2v) is 10.1. The van der Waals surface area contributed by atoms with Crippen molar-refractivity contribution in [2.24, 2.45) is 7.05 Å². The van der Waals surface area contributed by atoms with Crippen LogP contribution in [-0.4, -0.2) is 60.2 Å². The van der Waals surface area contributed by atoms with Gasteiger partial charge in [0.05, 0.1) is 52.1 Å². The number of rotatable bonds is 6. The molecule has 0 radical (unpaired) electrons. The molecule has 1 saturated heterocycles. The summed E-state index contributed by atoms with van der Waals surface area (Å²) in [7, 11) is 1.88. The summed E-state index contributed by atoms with van der Waals surface area (Å²) in [6, 6.07) is 2.16. The summed E-state index contributed by atoms with van der Waals surface area (Å²) < 4.78 is 3.48. The highest BCUT2D eigenvalue weighted by atomic mass is 32.1. The lowest BCUT2D eigenvalue weighted by molar-refractivity contribution is -0.117. The largest absolute Gasteiger partial charge is 0.324 e. The Kier molecular flexibility index (Phi) is 6.12. The number of nitrogens with zero attached hydrogens (tertiary/aromatic N) is 6. The molecule has 4 aromatic heterocycles. The third-order valence-electron chi connectivity index (χ3n) is 6.38. The number of hydrogen-bond donors (Lipinski definition) is 2. The van der Waals surface area contributed by atoms with Crippen molar-refractivity contribution in [3.8, 4) is 10.4 Å². The molecular weight excluding hydrogens is 464 g/mol. The van der Waals surface area contributed by atoms with Crippen LogP contribution in [0.2, 0.25) is 0 Å². The van der Waals surface area contributed by atoms with Crippen LogP contribution in [0.4, 0.5) is 11.4 Å². The van der Waals surface area contributed by atoms with Crippen molar-refractivity contribution in [2.45, 2.75) is 39.7 Å². The van der Waals surface area contributed by atoms with Gasteiger partial charge in [0.1, 0.15) is 4.83 Å². The zero-order chi connectivity index (χ0) is 24.7. The van der Waals surface area contributed by atoms with Gasteiger partial charge in [0.2, 0.25) is 5.91 Å². The van der Waals surface area contributed by atoms with Crippen LogP contribution in [0.1, 0.15) is 44.4 Å². The Labute approximate surface area is 209 Å². The number of fused-ring (bicyclic) bond motifs is 1. The van der Waals surface area contributed by atoms with Crippen molar-refractivity contribution in [3.05, 3.63) is 47.8 Å². The lowest BCUT2D eigenvalue weighted by atomic mass is 10.2. The first kappa shape index (κ1) is 23.2. The maximum absolute atomic E-state index is 13.2. The SMILES string of the molecule is Cc1ncc(NC(=O)CN2CCC[C@H]2C)cc1NC(=O)c1cnn2cc(-c3cn(C)nc3C)sc12.[HH].[HH]. The maximum atomic E-state index is 13.2. The van der Waals surface area contributed by atoms with Crippen molar-refractivity contribution < 1.29 is 12.4 Å². The molecule has 11 heteroatoms. The average molecular weight is 497 g/mol. The van der Waals surface area contributed by atoms with Crippen molar-refractivity contribution in [2.75, 3.05) is 23.7 Å². The van der Waals surface area contributed by atoms with Gasteiger partial charge in [-0.3, -0.25) is 24.2 Å². The summed E-state index contributed by atoms with van der Waals surface area (Å²) >= 11 is 1.49. The number of carbonyl (C=O) groups excluding carboxylic acids is 2. The highest BCUT2D eigenvalue weighted by Gasteiger charge is 2.23. The molecule has 4 aromatic rings. The summed E-state index contributed by atoms with van der Waals surface area (Å²) in [5.41, 5.74) is 4.16. The summed E-state index contributed by atoms with van der Waals surface area (Å²) in [6.07, 6.45) is 9.27. The van der Waals surface area contributed by atoms with Crippen molar-refractivity contribution in [1.29, 1.82) is 0 Å². The molecule has 35 heavy (non-hydrogen) atoms. The first-order valence-electron chi connectivity index (χ1n) is 11.6. The predicted octanol–water partition coefficient (Wildman–Crippen LogP) is 3.98. The van der Waals surface area contributed by atoms with E-state index in [1.165, 1.54) is 11.3 Å². The monoisotopic (exact) mass is 496 g/mol. The summed E-state index contributed by atoms with van der Waals surface area (Å²) in [4.78, 5) is 34.0. The van der Waals surface area contributed by atoms with E-state index in [0.29, 0.717) is 35.2 Å². The number of nitrogens with one attached hydrogen (secondary N) is 2. The number of hydrogen-bond acceptors (Lipinski definition) is 7. The minimum Gasteiger partial charge on any atom is -0.324 e. The fraction of sp³-hybridized carbons (Fsp3) is 0.375. The molecule has 2 N–H and O–H groups in total. The molecule has 1 aliphatic rings. The molecule has 5 heterocycles. The summed E-state index contributed by atoms with van der Waals surface area (Å²) in [5.74, 6) is -0.368. The fourth-order valence-electron chi connectivity index (χ4n) is 4.44. The van der Waals surface area contributed by atoms with Gasteiger partial charge >= 0.3 is 0 Å². The Bertz CT molecular complexity index is 1430. The third kappa shape index (κ3) is 4.69. The van der Waals surface area contributed by atoms with Crippen LogP contribution in [0, 0.1) is 13.8 Å². The second-order valence-electron chi connectivity index (χ2n) is 9.03. The maximum Gasteiger partial charge on any atom is 0.260 e. The number of thiazole rings is 1. The van der Waals surface area contributed by atoms with Gasteiger partial charge in [-0.2, -0.15) is 10.2 Å². The Balaban J connectivity index is 0.00000190. The minimum absolute atomic E-state index is 0. The molecule has 186 valence electrons. The number of aryl methyl sites for hydroxylation is 3. The molecule has 0 aliphatic carbocycles. The first-order valence-corrected chi connectivity index (χ1v) is 12.4. The molecule has 1 atom stereocenters. The molecule has 0 spiro atoms. The van der Waals surface area contributed by atoms with Crippen molar-refractivity contribution in [1.82, 2.24) is 29.3 Å². The molecule has 0 aromatic carbocycles. The smallest absolute Gasteiger partial charge is 0.260 e. The summed E-state index contributed by atoms with van der Waals surface area (Å²) in [5, 5.41) is 14.6. The molecule has 2 amide bonds. The van der Waals surface area contributed by atoms with E-state index in [9.17, 15) is 9.59 Å².